The van der Waals surface area contributed by atoms with Crippen LogP contribution >= 0.6 is 0 Å². The van der Waals surface area contributed by atoms with Crippen molar-refractivity contribution in [1.82, 2.24) is 9.97 Å². The van der Waals surface area contributed by atoms with Crippen molar-refractivity contribution < 1.29 is 4.39 Å². The molecule has 0 bridgehead atoms. The topological polar surface area (TPSA) is 51.8 Å². The van der Waals surface area contributed by atoms with Gasteiger partial charge in [0, 0.05) is 29.9 Å². The van der Waals surface area contributed by atoms with Crippen molar-refractivity contribution in [3.05, 3.63) is 58.9 Å². The third-order valence-electron chi connectivity index (χ3n) is 3.55. The first kappa shape index (κ1) is 12.2. The molecule has 3 nitrogen and oxygen atoms in total. The molecule has 1 unspecified atom stereocenters. The van der Waals surface area contributed by atoms with E-state index in [0.29, 0.717) is 6.42 Å². The molecule has 1 heterocycles. The van der Waals surface area contributed by atoms with E-state index in [1.165, 1.54) is 12.1 Å². The van der Waals surface area contributed by atoms with E-state index in [-0.39, 0.29) is 11.9 Å². The van der Waals surface area contributed by atoms with Gasteiger partial charge in [0.15, 0.2) is 0 Å². The molecule has 0 fully saturated rings. The fraction of sp³-hybridized carbons (Fsp3) is 0.333. The summed E-state index contributed by atoms with van der Waals surface area (Å²) in [6.45, 7) is 0. The van der Waals surface area contributed by atoms with Crippen LogP contribution in [0.3, 0.4) is 0 Å². The minimum atomic E-state index is -0.221. The SMILES string of the molecule is NC1CCCc2nc(Cc3ccc(F)cc3)ncc21. The first-order valence-corrected chi connectivity index (χ1v) is 6.57. The molecule has 0 saturated heterocycles. The van der Waals surface area contributed by atoms with Gasteiger partial charge in [-0.25, -0.2) is 14.4 Å². The third kappa shape index (κ3) is 2.63. The van der Waals surface area contributed by atoms with Gasteiger partial charge < -0.3 is 5.73 Å². The number of halogens is 1. The first-order chi connectivity index (χ1) is 9.22. The lowest BCUT2D eigenvalue weighted by atomic mass is 9.93. The third-order valence-corrected chi connectivity index (χ3v) is 3.55. The van der Waals surface area contributed by atoms with E-state index in [2.05, 4.69) is 9.97 Å². The fourth-order valence-electron chi connectivity index (χ4n) is 2.49. The fourth-order valence-corrected chi connectivity index (χ4v) is 2.49. The molecule has 3 rings (SSSR count). The smallest absolute Gasteiger partial charge is 0.132 e. The Kier molecular flexibility index (Phi) is 3.25. The molecule has 2 aromatic rings. The second kappa shape index (κ2) is 5.05. The highest BCUT2D eigenvalue weighted by Crippen LogP contribution is 2.26. The van der Waals surface area contributed by atoms with E-state index in [1.54, 1.807) is 12.1 Å². The standard InChI is InChI=1S/C15H16FN3/c16-11-6-4-10(5-7-11)8-15-18-9-12-13(17)2-1-3-14(12)19-15/h4-7,9,13H,1-3,8,17H2. The van der Waals surface area contributed by atoms with Crippen LogP contribution in [0.15, 0.2) is 30.5 Å². The van der Waals surface area contributed by atoms with Gasteiger partial charge in [0.25, 0.3) is 0 Å². The van der Waals surface area contributed by atoms with Crippen LogP contribution in [0.4, 0.5) is 4.39 Å². The van der Waals surface area contributed by atoms with Gasteiger partial charge in [-0.05, 0) is 37.0 Å². The highest BCUT2D eigenvalue weighted by molar-refractivity contribution is 5.26. The van der Waals surface area contributed by atoms with Gasteiger partial charge in [-0.1, -0.05) is 12.1 Å². The number of nitrogens with two attached hydrogens (primary N) is 1. The summed E-state index contributed by atoms with van der Waals surface area (Å²) in [5, 5.41) is 0. The average Bonchev–Trinajstić information content (AvgIpc) is 2.42. The molecule has 0 amide bonds. The quantitative estimate of drug-likeness (QED) is 0.899. The number of hydrogen-bond donors (Lipinski definition) is 1. The summed E-state index contributed by atoms with van der Waals surface area (Å²) in [7, 11) is 0. The normalized spacial score (nSPS) is 18.1. The summed E-state index contributed by atoms with van der Waals surface area (Å²) >= 11 is 0. The second-order valence-corrected chi connectivity index (χ2v) is 4.99. The molecule has 4 heteroatoms. The predicted molar refractivity (Wildman–Crippen MR) is 71.1 cm³/mol. The van der Waals surface area contributed by atoms with Crippen molar-refractivity contribution in [3.8, 4) is 0 Å². The van der Waals surface area contributed by atoms with Crippen molar-refractivity contribution >= 4 is 0 Å². The molecule has 0 saturated carbocycles. The Hall–Kier alpha value is -1.81. The Labute approximate surface area is 111 Å². The lowest BCUT2D eigenvalue weighted by Crippen LogP contribution is -2.19. The molecule has 1 aliphatic rings. The van der Waals surface area contributed by atoms with E-state index in [4.69, 9.17) is 5.73 Å². The molecular formula is C15H16FN3. The maximum absolute atomic E-state index is 12.8. The van der Waals surface area contributed by atoms with Gasteiger partial charge in [-0.2, -0.15) is 0 Å². The van der Waals surface area contributed by atoms with Gasteiger partial charge in [-0.3, -0.25) is 0 Å². The van der Waals surface area contributed by atoms with Crippen LogP contribution in [0.1, 0.15) is 41.5 Å². The zero-order valence-corrected chi connectivity index (χ0v) is 10.6. The Morgan fingerprint density at radius 2 is 2.05 bits per heavy atom. The van der Waals surface area contributed by atoms with E-state index < -0.39 is 0 Å². The van der Waals surface area contributed by atoms with Crippen LogP contribution in [-0.2, 0) is 12.8 Å². The van der Waals surface area contributed by atoms with Gasteiger partial charge in [-0.15, -0.1) is 0 Å². The minimum absolute atomic E-state index is 0.0728. The number of rotatable bonds is 2. The van der Waals surface area contributed by atoms with Gasteiger partial charge >= 0.3 is 0 Å². The van der Waals surface area contributed by atoms with E-state index >= 15 is 0 Å². The number of aromatic nitrogens is 2. The van der Waals surface area contributed by atoms with Crippen molar-refractivity contribution in [2.24, 2.45) is 5.73 Å². The Balaban J connectivity index is 1.84. The highest BCUT2D eigenvalue weighted by Gasteiger charge is 2.18. The zero-order valence-electron chi connectivity index (χ0n) is 10.6. The Bertz CT molecular complexity index is 580. The summed E-state index contributed by atoms with van der Waals surface area (Å²) in [4.78, 5) is 8.97. The highest BCUT2D eigenvalue weighted by atomic mass is 19.1. The Morgan fingerprint density at radius 3 is 2.84 bits per heavy atom. The van der Waals surface area contributed by atoms with Gasteiger partial charge in [0.2, 0.25) is 0 Å². The van der Waals surface area contributed by atoms with E-state index in [9.17, 15) is 4.39 Å². The molecular weight excluding hydrogens is 241 g/mol. The van der Waals surface area contributed by atoms with Gasteiger partial charge in [0.1, 0.15) is 11.6 Å². The molecule has 2 N–H and O–H groups in total. The number of nitrogens with zero attached hydrogens (tertiary/aromatic N) is 2. The van der Waals surface area contributed by atoms with Crippen LogP contribution < -0.4 is 5.73 Å². The van der Waals surface area contributed by atoms with E-state index in [1.807, 2.05) is 6.20 Å². The molecule has 19 heavy (non-hydrogen) atoms. The lowest BCUT2D eigenvalue weighted by Gasteiger charge is -2.21. The molecule has 1 aromatic carbocycles. The number of benzene rings is 1. The second-order valence-electron chi connectivity index (χ2n) is 4.99. The average molecular weight is 257 g/mol. The number of fused-ring (bicyclic) bond motifs is 1. The number of aryl methyl sites for hydroxylation is 1. The minimum Gasteiger partial charge on any atom is -0.324 e. The Morgan fingerprint density at radius 1 is 1.26 bits per heavy atom. The van der Waals surface area contributed by atoms with Crippen LogP contribution in [0.2, 0.25) is 0 Å². The summed E-state index contributed by atoms with van der Waals surface area (Å²) < 4.78 is 12.8. The largest absolute Gasteiger partial charge is 0.324 e. The van der Waals surface area contributed by atoms with Gasteiger partial charge in [0.05, 0.1) is 0 Å². The summed E-state index contributed by atoms with van der Waals surface area (Å²) in [6, 6.07) is 6.53. The maximum Gasteiger partial charge on any atom is 0.132 e. The molecule has 1 aromatic heterocycles. The number of hydrogen-bond acceptors (Lipinski definition) is 3. The summed E-state index contributed by atoms with van der Waals surface area (Å²) in [6.07, 6.45) is 5.55. The molecule has 98 valence electrons. The molecule has 0 radical (unpaired) electrons. The zero-order chi connectivity index (χ0) is 13.2. The first-order valence-electron chi connectivity index (χ1n) is 6.57. The van der Waals surface area contributed by atoms with Crippen molar-refractivity contribution in [2.75, 3.05) is 0 Å². The van der Waals surface area contributed by atoms with Crippen molar-refractivity contribution in [2.45, 2.75) is 31.7 Å². The maximum atomic E-state index is 12.8. The van der Waals surface area contributed by atoms with Crippen LogP contribution in [0.25, 0.3) is 0 Å². The van der Waals surface area contributed by atoms with Crippen molar-refractivity contribution in [1.29, 1.82) is 0 Å². The lowest BCUT2D eigenvalue weighted by molar-refractivity contribution is 0.553. The van der Waals surface area contributed by atoms with E-state index in [0.717, 1.165) is 41.9 Å². The monoisotopic (exact) mass is 257 g/mol. The summed E-state index contributed by atoms with van der Waals surface area (Å²) in [5.41, 5.74) is 9.21. The molecule has 0 spiro atoms. The molecule has 1 atom stereocenters. The van der Waals surface area contributed by atoms with Crippen LogP contribution in [-0.4, -0.2) is 9.97 Å². The van der Waals surface area contributed by atoms with Crippen LogP contribution in [0.5, 0.6) is 0 Å². The predicted octanol–water partition coefficient (Wildman–Crippen LogP) is 2.54. The summed E-state index contributed by atoms with van der Waals surface area (Å²) in [5.74, 6) is 0.556. The molecule has 0 aliphatic heterocycles. The molecule has 1 aliphatic carbocycles. The van der Waals surface area contributed by atoms with Crippen molar-refractivity contribution in [3.63, 3.8) is 0 Å². The van der Waals surface area contributed by atoms with Crippen LogP contribution in [0, 0.1) is 5.82 Å².